The molecule has 2 saturated heterocycles. The highest BCUT2D eigenvalue weighted by atomic mass is 16.5. The summed E-state index contributed by atoms with van der Waals surface area (Å²) in [6.45, 7) is 3.51. The van der Waals surface area contributed by atoms with E-state index in [1.807, 2.05) is 30.3 Å². The van der Waals surface area contributed by atoms with Gasteiger partial charge in [-0.05, 0) is 18.4 Å². The number of carboxylic acid groups (broad SMARTS) is 1. The number of hydrogen-bond acceptors (Lipinski definition) is 6. The topological polar surface area (TPSA) is 123 Å². The monoisotopic (exact) mass is 513 g/mol. The predicted octanol–water partition coefficient (Wildman–Crippen LogP) is 1.11. The number of piperazine rings is 1. The second-order valence-electron chi connectivity index (χ2n) is 9.01. The number of nitrogens with one attached hydrogen (secondary N) is 1. The molecule has 4 amide bonds. The first-order valence-corrected chi connectivity index (χ1v) is 12.6. The zero-order valence-corrected chi connectivity index (χ0v) is 21.2. The second-order valence-corrected chi connectivity index (χ2v) is 9.01. The summed E-state index contributed by atoms with van der Waals surface area (Å²) in [7, 11) is 0. The van der Waals surface area contributed by atoms with Gasteiger partial charge in [-0.1, -0.05) is 49.6 Å². The molecule has 0 aliphatic carbocycles. The van der Waals surface area contributed by atoms with Crippen LogP contribution in [0.1, 0.15) is 38.2 Å². The van der Waals surface area contributed by atoms with Gasteiger partial charge in [-0.2, -0.15) is 5.01 Å². The van der Waals surface area contributed by atoms with Crippen molar-refractivity contribution in [3.8, 4) is 12.3 Å². The van der Waals surface area contributed by atoms with Gasteiger partial charge in [0, 0.05) is 26.3 Å². The molecule has 2 aliphatic heterocycles. The van der Waals surface area contributed by atoms with E-state index < -0.39 is 42.4 Å². The molecule has 11 nitrogen and oxygen atoms in total. The van der Waals surface area contributed by atoms with Crippen LogP contribution in [0.15, 0.2) is 30.3 Å². The molecule has 1 unspecified atom stereocenters. The molecule has 0 aromatic heterocycles. The molecule has 0 bridgehead atoms. The van der Waals surface area contributed by atoms with E-state index in [-0.39, 0.29) is 26.2 Å². The molecule has 1 aromatic rings. The molecule has 1 aromatic carbocycles. The number of urea groups is 1. The van der Waals surface area contributed by atoms with E-state index in [1.54, 1.807) is 0 Å². The number of unbranched alkanes of at least 4 members (excludes halogenated alkanes) is 1. The third-order valence-corrected chi connectivity index (χ3v) is 6.33. The third-order valence-electron chi connectivity index (χ3n) is 6.33. The number of aliphatic carboxylic acids is 1. The number of carbonyl (C=O) groups is 4. The first-order valence-electron chi connectivity index (χ1n) is 12.6. The zero-order valence-electron chi connectivity index (χ0n) is 21.2. The number of hydrazine groups is 1. The second kappa shape index (κ2) is 13.6. The average Bonchev–Trinajstić information content (AvgIpc) is 2.87. The van der Waals surface area contributed by atoms with Gasteiger partial charge < -0.3 is 25.0 Å². The van der Waals surface area contributed by atoms with Gasteiger partial charge in [0.15, 0.2) is 0 Å². The maximum Gasteiger partial charge on any atom is 0.334 e. The van der Waals surface area contributed by atoms with Crippen molar-refractivity contribution >= 4 is 23.8 Å². The van der Waals surface area contributed by atoms with Crippen LogP contribution < -0.4 is 5.32 Å². The van der Waals surface area contributed by atoms with E-state index in [1.165, 1.54) is 19.8 Å². The van der Waals surface area contributed by atoms with Crippen molar-refractivity contribution in [2.45, 2.75) is 51.4 Å². The molecule has 37 heavy (non-hydrogen) atoms. The summed E-state index contributed by atoms with van der Waals surface area (Å²) in [4.78, 5) is 54.2. The number of amides is 4. The summed E-state index contributed by atoms with van der Waals surface area (Å²) in [5, 5.41) is 15.2. The molecule has 0 radical (unpaired) electrons. The summed E-state index contributed by atoms with van der Waals surface area (Å²) in [6, 6.07) is 7.63. The van der Waals surface area contributed by atoms with Crippen LogP contribution in [0.25, 0.3) is 0 Å². The smallest absolute Gasteiger partial charge is 0.334 e. The number of carbonyl (C=O) groups excluding carboxylic acids is 3. The van der Waals surface area contributed by atoms with Crippen LogP contribution >= 0.6 is 0 Å². The predicted molar refractivity (Wildman–Crippen MR) is 135 cm³/mol. The zero-order chi connectivity index (χ0) is 26.8. The fourth-order valence-electron chi connectivity index (χ4n) is 4.56. The highest BCUT2D eigenvalue weighted by Crippen LogP contribution is 2.28. The molecule has 0 saturated carbocycles. The first-order chi connectivity index (χ1) is 17.9. The standard InChI is InChI=1S/C26H35N5O6/c1-3-5-14-37-15-9-13-28-18-22-30(21(25(28)35)16-24(33)34)23(32)19-29(12-4-2)31(22)26(36)27-17-20-10-7-6-8-11-20/h2,6-8,10-11,21-22H,3,5,9,12-19H2,1H3,(H,27,36)(H,33,34)/t21-,22?/m0/s1. The highest BCUT2D eigenvalue weighted by Gasteiger charge is 2.51. The normalized spacial score (nSPS) is 19.9. The molecule has 0 spiro atoms. The van der Waals surface area contributed by atoms with E-state index in [9.17, 15) is 24.3 Å². The Morgan fingerprint density at radius 3 is 2.59 bits per heavy atom. The minimum Gasteiger partial charge on any atom is -0.481 e. The summed E-state index contributed by atoms with van der Waals surface area (Å²) >= 11 is 0. The van der Waals surface area contributed by atoms with Crippen molar-refractivity contribution in [1.82, 2.24) is 25.1 Å². The van der Waals surface area contributed by atoms with Crippen LogP contribution in [0, 0.1) is 12.3 Å². The van der Waals surface area contributed by atoms with Gasteiger partial charge in [0.1, 0.15) is 12.2 Å². The van der Waals surface area contributed by atoms with Gasteiger partial charge in [0.2, 0.25) is 11.8 Å². The summed E-state index contributed by atoms with van der Waals surface area (Å²) < 4.78 is 5.60. The van der Waals surface area contributed by atoms with Gasteiger partial charge in [0.25, 0.3) is 0 Å². The minimum atomic E-state index is -1.22. The van der Waals surface area contributed by atoms with E-state index in [4.69, 9.17) is 11.2 Å². The van der Waals surface area contributed by atoms with Crippen LogP contribution in [-0.2, 0) is 25.7 Å². The molecular weight excluding hydrogens is 478 g/mol. The van der Waals surface area contributed by atoms with Crippen molar-refractivity contribution in [3.63, 3.8) is 0 Å². The van der Waals surface area contributed by atoms with Gasteiger partial charge in [-0.25, -0.2) is 9.80 Å². The largest absolute Gasteiger partial charge is 0.481 e. The Kier molecular flexibility index (Phi) is 10.3. The Morgan fingerprint density at radius 2 is 1.92 bits per heavy atom. The molecule has 3 rings (SSSR count). The maximum absolute atomic E-state index is 13.4. The van der Waals surface area contributed by atoms with Crippen LogP contribution in [0.5, 0.6) is 0 Å². The van der Waals surface area contributed by atoms with E-state index in [2.05, 4.69) is 18.2 Å². The minimum absolute atomic E-state index is 0.00233. The molecule has 2 N–H and O–H groups in total. The Labute approximate surface area is 217 Å². The maximum atomic E-state index is 13.4. The van der Waals surface area contributed by atoms with Crippen molar-refractivity contribution in [1.29, 1.82) is 0 Å². The molecule has 2 fully saturated rings. The van der Waals surface area contributed by atoms with E-state index in [0.29, 0.717) is 26.2 Å². The van der Waals surface area contributed by atoms with Gasteiger partial charge in [-0.3, -0.25) is 14.4 Å². The van der Waals surface area contributed by atoms with Gasteiger partial charge >= 0.3 is 12.0 Å². The number of ether oxygens (including phenoxy) is 1. The van der Waals surface area contributed by atoms with Gasteiger partial charge in [-0.15, -0.1) is 6.42 Å². The lowest BCUT2D eigenvalue weighted by Gasteiger charge is -2.54. The van der Waals surface area contributed by atoms with Crippen LogP contribution in [-0.4, -0.2) is 100 Å². The lowest BCUT2D eigenvalue weighted by atomic mass is 10.0. The fourth-order valence-corrected chi connectivity index (χ4v) is 4.56. The number of terminal acetylenes is 1. The highest BCUT2D eigenvalue weighted by molar-refractivity contribution is 5.93. The Morgan fingerprint density at radius 1 is 1.19 bits per heavy atom. The molecule has 2 atom stereocenters. The van der Waals surface area contributed by atoms with Crippen LogP contribution in [0.4, 0.5) is 4.79 Å². The van der Waals surface area contributed by atoms with Crippen molar-refractivity contribution < 1.29 is 29.0 Å². The number of benzene rings is 1. The van der Waals surface area contributed by atoms with Gasteiger partial charge in [0.05, 0.1) is 26.1 Å². The number of rotatable bonds is 12. The lowest BCUT2D eigenvalue weighted by molar-refractivity contribution is -0.190. The Hall–Kier alpha value is -3.62. The molecular formula is C26H35N5O6. The van der Waals surface area contributed by atoms with E-state index >= 15 is 0 Å². The quantitative estimate of drug-likeness (QED) is 0.317. The number of carboxylic acids is 1. The summed E-state index contributed by atoms with van der Waals surface area (Å²) in [6.07, 6.45) is 6.58. The average molecular weight is 514 g/mol. The molecule has 11 heteroatoms. The van der Waals surface area contributed by atoms with Crippen molar-refractivity contribution in [2.75, 3.05) is 39.4 Å². The molecule has 2 aliphatic rings. The third kappa shape index (κ3) is 7.21. The SMILES string of the molecule is C#CCN1CC(=O)N2C(CN(CCCOCCCC)C(=O)[C@@H]2CC(=O)O)N1C(=O)NCc1ccccc1. The Balaban J connectivity index is 1.82. The van der Waals surface area contributed by atoms with Crippen molar-refractivity contribution in [3.05, 3.63) is 35.9 Å². The van der Waals surface area contributed by atoms with E-state index in [0.717, 1.165) is 18.4 Å². The lowest BCUT2D eigenvalue weighted by Crippen LogP contribution is -2.76. The first kappa shape index (κ1) is 28.0. The fraction of sp³-hybridized carbons (Fsp3) is 0.538. The molecule has 200 valence electrons. The summed E-state index contributed by atoms with van der Waals surface area (Å²) in [5.41, 5.74) is 0.886. The van der Waals surface area contributed by atoms with Crippen LogP contribution in [0.2, 0.25) is 0 Å². The summed E-state index contributed by atoms with van der Waals surface area (Å²) in [5.74, 6) is 0.371. The Bertz CT molecular complexity index is 997. The molecule has 2 heterocycles. The van der Waals surface area contributed by atoms with Crippen LogP contribution in [0.3, 0.4) is 0 Å². The number of hydrogen-bond donors (Lipinski definition) is 2. The number of nitrogens with zero attached hydrogens (tertiary/aromatic N) is 4. The number of fused-ring (bicyclic) bond motifs is 1. The van der Waals surface area contributed by atoms with Crippen molar-refractivity contribution in [2.24, 2.45) is 0 Å².